The number of hydrogen-bond donors (Lipinski definition) is 1. The van der Waals surface area contributed by atoms with E-state index in [0.717, 1.165) is 0 Å². The molecule has 7 heteroatoms. The normalized spacial score (nSPS) is 11.3. The summed E-state index contributed by atoms with van der Waals surface area (Å²) in [6.07, 6.45) is 0. The van der Waals surface area contributed by atoms with Gasteiger partial charge in [0, 0.05) is 16.3 Å². The van der Waals surface area contributed by atoms with Gasteiger partial charge < -0.3 is 9.73 Å². The molecule has 0 spiro atoms. The summed E-state index contributed by atoms with van der Waals surface area (Å²) in [6.45, 7) is 0. The number of oxazole rings is 1. The lowest BCUT2D eigenvalue weighted by atomic mass is 10.2. The van der Waals surface area contributed by atoms with Crippen LogP contribution in [0.25, 0.3) is 11.5 Å². The van der Waals surface area contributed by atoms with Crippen molar-refractivity contribution < 1.29 is 12.8 Å². The van der Waals surface area contributed by atoms with Crippen molar-refractivity contribution in [3.05, 3.63) is 90.0 Å². The van der Waals surface area contributed by atoms with Crippen LogP contribution in [0.2, 0.25) is 5.02 Å². The average molecular weight is 411 g/mol. The first kappa shape index (κ1) is 18.3. The predicted octanol–water partition coefficient (Wildman–Crippen LogP) is 5.57. The van der Waals surface area contributed by atoms with Gasteiger partial charge in [-0.1, -0.05) is 48.0 Å². The largest absolute Gasteiger partial charge is 0.419 e. The summed E-state index contributed by atoms with van der Waals surface area (Å²) < 4.78 is 32.2. The van der Waals surface area contributed by atoms with Crippen molar-refractivity contribution in [1.29, 1.82) is 0 Å². The Balaban J connectivity index is 1.84. The maximum absolute atomic E-state index is 13.2. The van der Waals surface area contributed by atoms with Crippen molar-refractivity contribution >= 4 is 33.0 Å². The van der Waals surface area contributed by atoms with Gasteiger partial charge >= 0.3 is 0 Å². The lowest BCUT2D eigenvalue weighted by Crippen LogP contribution is -2.05. The molecule has 0 atom stereocenters. The molecule has 0 aliphatic heterocycles. The van der Waals surface area contributed by atoms with E-state index in [1.807, 2.05) is 48.5 Å². The zero-order valence-corrected chi connectivity index (χ0v) is 16.1. The fourth-order valence-corrected chi connectivity index (χ4v) is 4.03. The van der Waals surface area contributed by atoms with Gasteiger partial charge in [-0.05, 0) is 48.5 Å². The second-order valence-corrected chi connectivity index (χ2v) is 8.27. The number of halogens is 1. The number of hydrogen-bond acceptors (Lipinski definition) is 5. The minimum absolute atomic E-state index is 0.0556. The fraction of sp³-hybridized carbons (Fsp3) is 0. The molecule has 4 aromatic rings. The van der Waals surface area contributed by atoms with Gasteiger partial charge in [-0.15, -0.1) is 0 Å². The first-order valence-electron chi connectivity index (χ1n) is 8.43. The number of nitrogens with zero attached hydrogens (tertiary/aromatic N) is 1. The number of rotatable bonds is 5. The fourth-order valence-electron chi connectivity index (χ4n) is 2.65. The number of para-hydroxylation sites is 1. The molecule has 0 aliphatic carbocycles. The van der Waals surface area contributed by atoms with Crippen LogP contribution < -0.4 is 5.32 Å². The Kier molecular flexibility index (Phi) is 4.90. The van der Waals surface area contributed by atoms with Crippen molar-refractivity contribution in [1.82, 2.24) is 4.98 Å². The quantitative estimate of drug-likeness (QED) is 0.465. The highest BCUT2D eigenvalue weighted by Crippen LogP contribution is 2.34. The first-order valence-corrected chi connectivity index (χ1v) is 10.3. The Labute approximate surface area is 167 Å². The van der Waals surface area contributed by atoms with E-state index in [1.54, 1.807) is 12.1 Å². The summed E-state index contributed by atoms with van der Waals surface area (Å²) in [6, 6.07) is 24.2. The van der Waals surface area contributed by atoms with E-state index in [9.17, 15) is 8.42 Å². The number of sulfone groups is 1. The molecule has 0 aliphatic rings. The maximum atomic E-state index is 13.2. The molecule has 5 nitrogen and oxygen atoms in total. The monoisotopic (exact) mass is 410 g/mol. The lowest BCUT2D eigenvalue weighted by Gasteiger charge is -2.06. The topological polar surface area (TPSA) is 72.2 Å². The Morgan fingerprint density at radius 3 is 2.07 bits per heavy atom. The van der Waals surface area contributed by atoms with Crippen molar-refractivity contribution in [2.45, 2.75) is 9.92 Å². The van der Waals surface area contributed by atoms with Crippen LogP contribution in [-0.2, 0) is 9.84 Å². The Bertz CT molecular complexity index is 1190. The molecule has 1 heterocycles. The van der Waals surface area contributed by atoms with E-state index in [1.165, 1.54) is 24.3 Å². The van der Waals surface area contributed by atoms with E-state index >= 15 is 0 Å². The molecule has 140 valence electrons. The number of nitrogens with one attached hydrogen (secondary N) is 1. The Morgan fingerprint density at radius 2 is 1.43 bits per heavy atom. The highest BCUT2D eigenvalue weighted by molar-refractivity contribution is 7.91. The maximum Gasteiger partial charge on any atom is 0.238 e. The van der Waals surface area contributed by atoms with Gasteiger partial charge in [-0.2, -0.15) is 4.98 Å². The highest BCUT2D eigenvalue weighted by atomic mass is 35.5. The number of benzene rings is 3. The standard InChI is InChI=1S/C21H15ClN2O3S/c22-16-11-13-18(14-12-16)28(25,26)21-20(23-17-9-5-2-6-10-17)27-19(24-21)15-7-3-1-4-8-15/h1-14,23H. The molecular weight excluding hydrogens is 396 g/mol. The van der Waals surface area contributed by atoms with Crippen LogP contribution in [0.15, 0.2) is 99.3 Å². The molecule has 0 fully saturated rings. The summed E-state index contributed by atoms with van der Waals surface area (Å²) in [4.78, 5) is 4.38. The minimum atomic E-state index is -3.92. The molecule has 0 bridgehead atoms. The van der Waals surface area contributed by atoms with E-state index in [0.29, 0.717) is 16.3 Å². The van der Waals surface area contributed by atoms with Gasteiger partial charge in [0.05, 0.1) is 4.90 Å². The van der Waals surface area contributed by atoms with Gasteiger partial charge in [0.25, 0.3) is 0 Å². The van der Waals surface area contributed by atoms with Crippen LogP contribution in [0.3, 0.4) is 0 Å². The second kappa shape index (κ2) is 7.50. The third-order valence-electron chi connectivity index (χ3n) is 4.03. The van der Waals surface area contributed by atoms with Gasteiger partial charge in [-0.3, -0.25) is 0 Å². The molecule has 0 unspecified atom stereocenters. The SMILES string of the molecule is O=S(=O)(c1ccc(Cl)cc1)c1nc(-c2ccccc2)oc1Nc1ccccc1. The summed E-state index contributed by atoms with van der Waals surface area (Å²) in [5.41, 5.74) is 1.36. The molecule has 1 N–H and O–H groups in total. The minimum Gasteiger partial charge on any atom is -0.419 e. The van der Waals surface area contributed by atoms with Crippen LogP contribution in [0.5, 0.6) is 0 Å². The summed E-state index contributed by atoms with van der Waals surface area (Å²) >= 11 is 5.89. The van der Waals surface area contributed by atoms with Crippen LogP contribution in [0, 0.1) is 0 Å². The molecule has 0 radical (unpaired) electrons. The Morgan fingerprint density at radius 1 is 0.821 bits per heavy atom. The van der Waals surface area contributed by atoms with E-state index in [2.05, 4.69) is 10.3 Å². The smallest absolute Gasteiger partial charge is 0.238 e. The Hall–Kier alpha value is -3.09. The number of aromatic nitrogens is 1. The van der Waals surface area contributed by atoms with E-state index < -0.39 is 9.84 Å². The first-order chi connectivity index (χ1) is 13.5. The third kappa shape index (κ3) is 3.65. The molecular formula is C21H15ClN2O3S. The van der Waals surface area contributed by atoms with Crippen LogP contribution in [0.4, 0.5) is 11.6 Å². The van der Waals surface area contributed by atoms with E-state index in [-0.39, 0.29) is 21.7 Å². The predicted molar refractivity (Wildman–Crippen MR) is 109 cm³/mol. The molecule has 0 saturated heterocycles. The van der Waals surface area contributed by atoms with Gasteiger partial charge in [0.2, 0.25) is 26.6 Å². The molecule has 3 aromatic carbocycles. The van der Waals surface area contributed by atoms with Crippen molar-refractivity contribution in [2.24, 2.45) is 0 Å². The van der Waals surface area contributed by atoms with Crippen molar-refractivity contribution in [3.8, 4) is 11.5 Å². The third-order valence-corrected chi connectivity index (χ3v) is 5.96. The van der Waals surface area contributed by atoms with E-state index in [4.69, 9.17) is 16.0 Å². The number of anilines is 2. The van der Waals surface area contributed by atoms with Crippen molar-refractivity contribution in [2.75, 3.05) is 5.32 Å². The van der Waals surface area contributed by atoms with Crippen LogP contribution in [-0.4, -0.2) is 13.4 Å². The second-order valence-electron chi connectivity index (χ2n) is 5.97. The van der Waals surface area contributed by atoms with Gasteiger partial charge in [0.15, 0.2) is 0 Å². The summed E-state index contributed by atoms with van der Waals surface area (Å²) in [7, 11) is -3.92. The lowest BCUT2D eigenvalue weighted by molar-refractivity contribution is 0.582. The molecule has 4 rings (SSSR count). The van der Waals surface area contributed by atoms with Crippen LogP contribution >= 0.6 is 11.6 Å². The molecule has 0 amide bonds. The van der Waals surface area contributed by atoms with Gasteiger partial charge in [0.1, 0.15) is 0 Å². The van der Waals surface area contributed by atoms with Crippen LogP contribution in [0.1, 0.15) is 0 Å². The molecule has 1 aromatic heterocycles. The van der Waals surface area contributed by atoms with Crippen molar-refractivity contribution in [3.63, 3.8) is 0 Å². The zero-order valence-electron chi connectivity index (χ0n) is 14.5. The highest BCUT2D eigenvalue weighted by Gasteiger charge is 2.28. The van der Waals surface area contributed by atoms with Gasteiger partial charge in [-0.25, -0.2) is 8.42 Å². The summed E-state index contributed by atoms with van der Waals surface area (Å²) in [5.74, 6) is 0.270. The molecule has 0 saturated carbocycles. The summed E-state index contributed by atoms with van der Waals surface area (Å²) in [5, 5.41) is 3.28. The zero-order chi connectivity index (χ0) is 19.6. The average Bonchev–Trinajstić information content (AvgIpc) is 3.14. The molecule has 28 heavy (non-hydrogen) atoms.